The molecule has 4 rings (SSSR count). The highest BCUT2D eigenvalue weighted by atomic mass is 16.5. The molecule has 2 aromatic heterocycles. The number of imidazole rings is 1. The van der Waals surface area contributed by atoms with Gasteiger partial charge in [0.05, 0.1) is 0 Å². The summed E-state index contributed by atoms with van der Waals surface area (Å²) in [6.45, 7) is 2.25. The lowest BCUT2D eigenvalue weighted by molar-refractivity contribution is 0.370. The number of anilines is 1. The molecule has 1 aromatic carbocycles. The molecule has 0 bridgehead atoms. The van der Waals surface area contributed by atoms with Crippen LogP contribution in [0, 0.1) is 11.8 Å². The fraction of sp³-hybridized carbons (Fsp3) is 0.278. The van der Waals surface area contributed by atoms with E-state index in [-0.39, 0.29) is 0 Å². The quantitative estimate of drug-likeness (QED) is 0.628. The molecule has 3 aromatic rings. The molecule has 1 saturated heterocycles. The molecule has 1 aliphatic heterocycles. The number of fused-ring (bicyclic) bond motifs is 1. The lowest BCUT2D eigenvalue weighted by Crippen LogP contribution is -2.22. The van der Waals surface area contributed by atoms with E-state index >= 15 is 0 Å². The first kappa shape index (κ1) is 15.4. The summed E-state index contributed by atoms with van der Waals surface area (Å²) in [5.41, 5.74) is 1.39. The van der Waals surface area contributed by atoms with Crippen molar-refractivity contribution < 1.29 is 4.74 Å². The van der Waals surface area contributed by atoms with Crippen molar-refractivity contribution in [2.45, 2.75) is 12.5 Å². The van der Waals surface area contributed by atoms with Crippen LogP contribution in [0.4, 0.5) is 5.82 Å². The third-order valence-corrected chi connectivity index (χ3v) is 3.94. The number of hydrogen-bond acceptors (Lipinski definition) is 6. The first-order valence-corrected chi connectivity index (χ1v) is 8.23. The normalized spacial score (nSPS) is 16.4. The summed E-state index contributed by atoms with van der Waals surface area (Å²) in [6.07, 6.45) is 2.60. The van der Waals surface area contributed by atoms with Gasteiger partial charge in [0, 0.05) is 12.6 Å². The minimum absolute atomic E-state index is 0.297. The molecule has 0 radical (unpaired) electrons. The molecule has 0 amide bonds. The predicted molar refractivity (Wildman–Crippen MR) is 95.4 cm³/mol. The van der Waals surface area contributed by atoms with Gasteiger partial charge in [-0.15, -0.1) is 0 Å². The van der Waals surface area contributed by atoms with E-state index in [2.05, 4.69) is 42.4 Å². The van der Waals surface area contributed by atoms with Crippen molar-refractivity contribution in [1.29, 1.82) is 0 Å². The van der Waals surface area contributed by atoms with Gasteiger partial charge in [-0.05, 0) is 31.0 Å². The summed E-state index contributed by atoms with van der Waals surface area (Å²) in [6, 6.07) is 9.96. The molecule has 0 spiro atoms. The first-order chi connectivity index (χ1) is 12.4. The van der Waals surface area contributed by atoms with Gasteiger partial charge in [-0.3, -0.25) is 0 Å². The third kappa shape index (κ3) is 3.70. The maximum Gasteiger partial charge on any atom is 0.185 e. The van der Waals surface area contributed by atoms with E-state index in [1.54, 1.807) is 0 Å². The van der Waals surface area contributed by atoms with Crippen LogP contribution in [0.25, 0.3) is 11.2 Å². The monoisotopic (exact) mass is 334 g/mol. The second kappa shape index (κ2) is 7.20. The number of H-pyrrole nitrogens is 1. The van der Waals surface area contributed by atoms with Crippen LogP contribution in [0.5, 0.6) is 5.75 Å². The van der Waals surface area contributed by atoms with Gasteiger partial charge in [0.25, 0.3) is 0 Å². The Kier molecular flexibility index (Phi) is 4.44. The standard InChI is InChI=1S/C18H18N6O/c1-2-5-14(6-3-1)25-10-4-7-15-23-16-17(20-12-21-18(16)24-15)22-13-8-9-19-11-13/h1-3,5-6,12-13,19H,8-11H2,(H2,20,21,22,23,24). The molecular formula is C18H18N6O. The number of para-hydroxylation sites is 1. The molecule has 126 valence electrons. The summed E-state index contributed by atoms with van der Waals surface area (Å²) < 4.78 is 5.55. The maximum atomic E-state index is 5.55. The number of nitrogens with one attached hydrogen (secondary N) is 3. The molecule has 7 heteroatoms. The Morgan fingerprint density at radius 1 is 1.24 bits per heavy atom. The lowest BCUT2D eigenvalue weighted by Gasteiger charge is -2.11. The highest BCUT2D eigenvalue weighted by Crippen LogP contribution is 2.18. The molecule has 3 heterocycles. The Morgan fingerprint density at radius 3 is 3.00 bits per heavy atom. The smallest absolute Gasteiger partial charge is 0.185 e. The largest absolute Gasteiger partial charge is 0.481 e. The van der Waals surface area contributed by atoms with E-state index in [9.17, 15) is 0 Å². The number of aromatic amines is 1. The van der Waals surface area contributed by atoms with Crippen molar-refractivity contribution in [2.24, 2.45) is 0 Å². The van der Waals surface area contributed by atoms with E-state index in [0.717, 1.165) is 31.1 Å². The summed E-state index contributed by atoms with van der Waals surface area (Å²) >= 11 is 0. The number of nitrogens with zero attached hydrogens (tertiary/aromatic N) is 3. The van der Waals surface area contributed by atoms with Crippen LogP contribution in [0.15, 0.2) is 36.7 Å². The Balaban J connectivity index is 1.46. The van der Waals surface area contributed by atoms with Crippen molar-refractivity contribution >= 4 is 17.0 Å². The lowest BCUT2D eigenvalue weighted by atomic mass is 10.2. The van der Waals surface area contributed by atoms with Crippen LogP contribution in [0.1, 0.15) is 12.2 Å². The molecule has 25 heavy (non-hydrogen) atoms. The number of hydrogen-bond donors (Lipinski definition) is 3. The van der Waals surface area contributed by atoms with Gasteiger partial charge in [-0.1, -0.05) is 24.1 Å². The molecule has 1 unspecified atom stereocenters. The Labute approximate surface area is 145 Å². The van der Waals surface area contributed by atoms with Crippen molar-refractivity contribution in [1.82, 2.24) is 25.3 Å². The van der Waals surface area contributed by atoms with Crippen molar-refractivity contribution in [3.8, 4) is 17.6 Å². The summed E-state index contributed by atoms with van der Waals surface area (Å²) in [4.78, 5) is 16.2. The van der Waals surface area contributed by atoms with E-state index in [1.807, 2.05) is 30.3 Å². The molecule has 0 aliphatic carbocycles. The van der Waals surface area contributed by atoms with Gasteiger partial charge < -0.3 is 20.4 Å². The van der Waals surface area contributed by atoms with Gasteiger partial charge >= 0.3 is 0 Å². The molecule has 0 saturated carbocycles. The zero-order valence-corrected chi connectivity index (χ0v) is 13.6. The topological polar surface area (TPSA) is 87.8 Å². The Morgan fingerprint density at radius 2 is 2.16 bits per heavy atom. The molecule has 1 fully saturated rings. The zero-order valence-electron chi connectivity index (χ0n) is 13.6. The minimum atomic E-state index is 0.297. The fourth-order valence-electron chi connectivity index (χ4n) is 2.72. The van der Waals surface area contributed by atoms with Gasteiger partial charge in [-0.25, -0.2) is 15.0 Å². The predicted octanol–water partition coefficient (Wildman–Crippen LogP) is 1.56. The second-order valence-electron chi connectivity index (χ2n) is 5.74. The Hall–Kier alpha value is -3.11. The van der Waals surface area contributed by atoms with E-state index in [1.165, 1.54) is 6.33 Å². The maximum absolute atomic E-state index is 5.55. The van der Waals surface area contributed by atoms with Gasteiger partial charge in [0.15, 0.2) is 22.8 Å². The van der Waals surface area contributed by atoms with Crippen LogP contribution < -0.4 is 15.4 Å². The van der Waals surface area contributed by atoms with E-state index in [0.29, 0.717) is 29.6 Å². The van der Waals surface area contributed by atoms with Gasteiger partial charge in [-0.2, -0.15) is 0 Å². The molecule has 7 nitrogen and oxygen atoms in total. The zero-order chi connectivity index (χ0) is 16.9. The van der Waals surface area contributed by atoms with Crippen LogP contribution in [0.2, 0.25) is 0 Å². The van der Waals surface area contributed by atoms with Crippen molar-refractivity contribution in [3.05, 3.63) is 42.5 Å². The third-order valence-electron chi connectivity index (χ3n) is 3.94. The SMILES string of the molecule is C(#Cc1nc2c(NC3CCNC3)ncnc2[nH]1)COc1ccccc1. The molecule has 1 atom stereocenters. The van der Waals surface area contributed by atoms with Crippen molar-refractivity contribution in [3.63, 3.8) is 0 Å². The number of ether oxygens (including phenoxy) is 1. The average Bonchev–Trinajstić information content (AvgIpc) is 3.29. The van der Waals surface area contributed by atoms with E-state index < -0.39 is 0 Å². The van der Waals surface area contributed by atoms with Crippen molar-refractivity contribution in [2.75, 3.05) is 25.0 Å². The molecular weight excluding hydrogens is 316 g/mol. The molecule has 3 N–H and O–H groups in total. The molecule has 1 aliphatic rings. The highest BCUT2D eigenvalue weighted by Gasteiger charge is 2.17. The van der Waals surface area contributed by atoms with Gasteiger partial charge in [0.1, 0.15) is 18.7 Å². The van der Waals surface area contributed by atoms with Crippen LogP contribution in [-0.2, 0) is 0 Å². The summed E-state index contributed by atoms with van der Waals surface area (Å²) in [7, 11) is 0. The van der Waals surface area contributed by atoms with Gasteiger partial charge in [0.2, 0.25) is 0 Å². The first-order valence-electron chi connectivity index (χ1n) is 8.23. The number of aromatic nitrogens is 4. The number of rotatable bonds is 4. The van der Waals surface area contributed by atoms with Crippen LogP contribution >= 0.6 is 0 Å². The van der Waals surface area contributed by atoms with Crippen LogP contribution in [-0.4, -0.2) is 45.7 Å². The number of benzene rings is 1. The van der Waals surface area contributed by atoms with E-state index in [4.69, 9.17) is 4.74 Å². The Bertz CT molecular complexity index is 905. The summed E-state index contributed by atoms with van der Waals surface area (Å²) in [5, 5.41) is 6.74. The minimum Gasteiger partial charge on any atom is -0.481 e. The fourth-order valence-corrected chi connectivity index (χ4v) is 2.72. The average molecular weight is 334 g/mol. The highest BCUT2D eigenvalue weighted by molar-refractivity contribution is 5.83. The second-order valence-corrected chi connectivity index (χ2v) is 5.74. The summed E-state index contributed by atoms with van der Waals surface area (Å²) in [5.74, 6) is 8.02. The van der Waals surface area contributed by atoms with Crippen LogP contribution in [0.3, 0.4) is 0 Å².